The Hall–Kier alpha value is -5.88. The maximum atomic E-state index is 13.5. The van der Waals surface area contributed by atoms with E-state index < -0.39 is 11.7 Å². The van der Waals surface area contributed by atoms with E-state index in [1.165, 1.54) is 12.1 Å². The second-order valence-electron chi connectivity index (χ2n) is 11.6. The minimum absolute atomic E-state index is 0.518. The van der Waals surface area contributed by atoms with Crippen LogP contribution in [0.1, 0.15) is 11.1 Å². The number of aromatic nitrogens is 3. The minimum Gasteiger partial charge on any atom is -0.247 e. The highest BCUT2D eigenvalue weighted by Gasteiger charge is 2.31. The molecule has 0 spiro atoms. The predicted molar refractivity (Wildman–Crippen MR) is 184 cm³/mol. The molecule has 0 aliphatic heterocycles. The van der Waals surface area contributed by atoms with E-state index in [0.717, 1.165) is 66.5 Å². The number of hydrogen-bond acceptors (Lipinski definition) is 3. The van der Waals surface area contributed by atoms with Crippen LogP contribution in [0.5, 0.6) is 0 Å². The van der Waals surface area contributed by atoms with E-state index in [-0.39, 0.29) is 0 Å². The van der Waals surface area contributed by atoms with Crippen molar-refractivity contribution in [3.8, 4) is 44.9 Å². The van der Waals surface area contributed by atoms with Crippen LogP contribution < -0.4 is 0 Å². The Bertz CT molecular complexity index is 2440. The predicted octanol–water partition coefficient (Wildman–Crippen LogP) is 11.3. The van der Waals surface area contributed by atoms with Gasteiger partial charge in [-0.05, 0) is 53.9 Å². The maximum absolute atomic E-state index is 13.5. The van der Waals surface area contributed by atoms with E-state index in [1.54, 1.807) is 13.0 Å². The highest BCUT2D eigenvalue weighted by atomic mass is 19.4. The molecule has 3 nitrogen and oxygen atoms in total. The number of pyridine rings is 1. The van der Waals surface area contributed by atoms with E-state index in [4.69, 9.17) is 15.0 Å². The van der Waals surface area contributed by atoms with Crippen LogP contribution >= 0.6 is 0 Å². The fourth-order valence-electron chi connectivity index (χ4n) is 6.30. The first-order valence-corrected chi connectivity index (χ1v) is 15.3. The monoisotopic (exact) mass is 617 g/mol. The number of benzene rings is 6. The van der Waals surface area contributed by atoms with E-state index in [2.05, 4.69) is 6.07 Å². The van der Waals surface area contributed by atoms with Crippen molar-refractivity contribution in [3.63, 3.8) is 0 Å². The summed E-state index contributed by atoms with van der Waals surface area (Å²) in [6.45, 7) is 1.68. The fraction of sp³-hybridized carbons (Fsp3) is 0.0488. The lowest BCUT2D eigenvalue weighted by Crippen LogP contribution is -2.05. The molecule has 2 aromatic heterocycles. The third kappa shape index (κ3) is 5.18. The summed E-state index contributed by atoms with van der Waals surface area (Å²) in [5, 5.41) is 2.83. The van der Waals surface area contributed by atoms with E-state index in [9.17, 15) is 13.2 Å². The van der Waals surface area contributed by atoms with E-state index in [1.807, 2.05) is 115 Å². The minimum atomic E-state index is -4.41. The maximum Gasteiger partial charge on any atom is 0.416 e. The summed E-state index contributed by atoms with van der Waals surface area (Å²) in [5.74, 6) is 0. The van der Waals surface area contributed by atoms with Gasteiger partial charge in [0.2, 0.25) is 0 Å². The Morgan fingerprint density at radius 3 is 1.70 bits per heavy atom. The molecule has 0 atom stereocenters. The molecule has 8 aromatic rings. The second kappa shape index (κ2) is 11.2. The van der Waals surface area contributed by atoms with Crippen molar-refractivity contribution >= 4 is 32.7 Å². The van der Waals surface area contributed by atoms with Crippen molar-refractivity contribution in [2.75, 3.05) is 0 Å². The summed E-state index contributed by atoms with van der Waals surface area (Å²) >= 11 is 0. The Morgan fingerprint density at radius 1 is 0.447 bits per heavy atom. The largest absolute Gasteiger partial charge is 0.416 e. The third-order valence-electron chi connectivity index (χ3n) is 8.49. The molecule has 6 heteroatoms. The molecule has 0 aliphatic carbocycles. The van der Waals surface area contributed by atoms with E-state index >= 15 is 0 Å². The number of aryl methyl sites for hydroxylation is 1. The molecule has 226 valence electrons. The summed E-state index contributed by atoms with van der Waals surface area (Å²) in [7, 11) is 0. The first-order chi connectivity index (χ1) is 22.8. The molecule has 0 N–H and O–H groups in total. The summed E-state index contributed by atoms with van der Waals surface area (Å²) in [6.07, 6.45) is -4.41. The van der Waals surface area contributed by atoms with Crippen molar-refractivity contribution in [1.29, 1.82) is 0 Å². The SMILES string of the molecule is Cc1cc(-c2ccc(-c3nc4ccccc4c4c3ccc3nc(-c5ccccc5)c(-c5ccccc5)nc34)cc2)cc(C(F)(F)F)c1. The quantitative estimate of drug-likeness (QED) is 0.184. The first-order valence-electron chi connectivity index (χ1n) is 15.3. The van der Waals surface area contributed by atoms with Gasteiger partial charge in [-0.1, -0.05) is 109 Å². The highest BCUT2D eigenvalue weighted by Crippen LogP contribution is 2.40. The molecule has 2 heterocycles. The van der Waals surface area contributed by atoms with Gasteiger partial charge in [-0.2, -0.15) is 13.2 Å². The molecule has 47 heavy (non-hydrogen) atoms. The Kier molecular flexibility index (Phi) is 6.80. The molecule has 0 saturated heterocycles. The van der Waals surface area contributed by atoms with Gasteiger partial charge < -0.3 is 0 Å². The fourth-order valence-corrected chi connectivity index (χ4v) is 6.30. The highest BCUT2D eigenvalue weighted by molar-refractivity contribution is 6.21. The molecule has 0 fully saturated rings. The number of hydrogen-bond donors (Lipinski definition) is 0. The van der Waals surface area contributed by atoms with Crippen molar-refractivity contribution < 1.29 is 13.2 Å². The van der Waals surface area contributed by atoms with Gasteiger partial charge in [0, 0.05) is 32.8 Å². The zero-order valence-electron chi connectivity index (χ0n) is 25.3. The number of fused-ring (bicyclic) bond motifs is 5. The molecule has 8 rings (SSSR count). The molecular formula is C41H26F3N3. The van der Waals surface area contributed by atoms with Crippen LogP contribution in [-0.2, 0) is 6.18 Å². The van der Waals surface area contributed by atoms with Crippen LogP contribution in [0.4, 0.5) is 13.2 Å². The van der Waals surface area contributed by atoms with Gasteiger partial charge in [0.1, 0.15) is 0 Å². The summed E-state index contributed by atoms with van der Waals surface area (Å²) in [6, 6.07) is 43.9. The lowest BCUT2D eigenvalue weighted by molar-refractivity contribution is -0.137. The summed E-state index contributed by atoms with van der Waals surface area (Å²) in [4.78, 5) is 15.6. The van der Waals surface area contributed by atoms with Crippen LogP contribution in [0, 0.1) is 6.92 Å². The van der Waals surface area contributed by atoms with Gasteiger partial charge in [-0.3, -0.25) is 0 Å². The Morgan fingerprint density at radius 2 is 1.02 bits per heavy atom. The molecule has 0 unspecified atom stereocenters. The first kappa shape index (κ1) is 28.6. The number of para-hydroxylation sites is 1. The Balaban J connectivity index is 1.35. The van der Waals surface area contributed by atoms with Crippen molar-refractivity contribution in [2.45, 2.75) is 13.1 Å². The molecule has 0 bridgehead atoms. The molecule has 0 aliphatic rings. The van der Waals surface area contributed by atoms with Crippen molar-refractivity contribution in [2.24, 2.45) is 0 Å². The van der Waals surface area contributed by atoms with Crippen molar-refractivity contribution in [1.82, 2.24) is 15.0 Å². The van der Waals surface area contributed by atoms with Crippen LogP contribution in [0.25, 0.3) is 77.6 Å². The van der Waals surface area contributed by atoms with E-state index in [0.29, 0.717) is 16.7 Å². The molecule has 0 radical (unpaired) electrons. The van der Waals surface area contributed by atoms with Crippen LogP contribution in [0.2, 0.25) is 0 Å². The molecule has 6 aromatic carbocycles. The number of nitrogens with zero attached hydrogens (tertiary/aromatic N) is 3. The normalized spacial score (nSPS) is 11.8. The lowest BCUT2D eigenvalue weighted by atomic mass is 9.95. The lowest BCUT2D eigenvalue weighted by Gasteiger charge is -2.15. The van der Waals surface area contributed by atoms with Crippen LogP contribution in [0.3, 0.4) is 0 Å². The summed E-state index contributed by atoms with van der Waals surface area (Å²) < 4.78 is 40.6. The van der Waals surface area contributed by atoms with Crippen LogP contribution in [0.15, 0.2) is 140 Å². The molecule has 0 amide bonds. The zero-order chi connectivity index (χ0) is 32.1. The number of alkyl halides is 3. The van der Waals surface area contributed by atoms with Gasteiger partial charge in [-0.15, -0.1) is 0 Å². The van der Waals surface area contributed by atoms with Gasteiger partial charge in [0.25, 0.3) is 0 Å². The third-order valence-corrected chi connectivity index (χ3v) is 8.49. The number of halogens is 3. The zero-order valence-corrected chi connectivity index (χ0v) is 25.3. The second-order valence-corrected chi connectivity index (χ2v) is 11.6. The smallest absolute Gasteiger partial charge is 0.247 e. The molecule has 0 saturated carbocycles. The summed E-state index contributed by atoms with van der Waals surface area (Å²) in [5.41, 5.74) is 8.65. The topological polar surface area (TPSA) is 38.7 Å². The van der Waals surface area contributed by atoms with Gasteiger partial charge >= 0.3 is 6.18 Å². The van der Waals surface area contributed by atoms with Gasteiger partial charge in [0.05, 0.1) is 39.2 Å². The average molecular weight is 618 g/mol. The average Bonchev–Trinajstić information content (AvgIpc) is 3.10. The van der Waals surface area contributed by atoms with Gasteiger partial charge in [-0.25, -0.2) is 15.0 Å². The Labute approximate surface area is 269 Å². The number of rotatable bonds is 4. The van der Waals surface area contributed by atoms with Crippen molar-refractivity contribution in [3.05, 3.63) is 151 Å². The molecular weight excluding hydrogens is 591 g/mol. The standard InChI is InChI=1S/C41H26F3N3/c1-25-22-30(24-31(23-25)41(42,43)44)26-16-18-29(19-17-26)37-33-20-21-35-40(36(33)32-14-8-9-15-34(32)45-37)47-39(28-12-6-3-7-13-28)38(46-35)27-10-4-2-5-11-27/h2-24H,1H3. The van der Waals surface area contributed by atoms with Gasteiger partial charge in [0.15, 0.2) is 0 Å². The van der Waals surface area contributed by atoms with Crippen LogP contribution in [-0.4, -0.2) is 15.0 Å².